The molecule has 1 unspecified atom stereocenters. The van der Waals surface area contributed by atoms with Gasteiger partial charge in [-0.1, -0.05) is 6.92 Å². The van der Waals surface area contributed by atoms with Crippen molar-refractivity contribution in [3.05, 3.63) is 23.7 Å². The number of aryl methyl sites for hydroxylation is 1. The summed E-state index contributed by atoms with van der Waals surface area (Å²) in [6.07, 6.45) is 4.09. The maximum absolute atomic E-state index is 12.2. The lowest BCUT2D eigenvalue weighted by Gasteiger charge is -2.16. The zero-order valence-corrected chi connectivity index (χ0v) is 10.2. The van der Waals surface area contributed by atoms with Gasteiger partial charge < -0.3 is 14.4 Å². The molecule has 4 nitrogen and oxygen atoms in total. The monoisotopic (exact) mass is 237 g/mol. The predicted octanol–water partition coefficient (Wildman–Crippen LogP) is 1.69. The van der Waals surface area contributed by atoms with Gasteiger partial charge in [-0.2, -0.15) is 0 Å². The molecule has 2 heterocycles. The Labute approximate surface area is 101 Å². The summed E-state index contributed by atoms with van der Waals surface area (Å²) in [5.74, 6) is 1.28. The molecule has 1 N–H and O–H groups in total. The molecule has 0 spiro atoms. The Hall–Kier alpha value is -1.29. The Morgan fingerprint density at radius 2 is 2.47 bits per heavy atom. The second-order valence-electron chi connectivity index (χ2n) is 4.53. The van der Waals surface area contributed by atoms with E-state index in [0.717, 1.165) is 38.1 Å². The van der Waals surface area contributed by atoms with Crippen molar-refractivity contribution in [3.8, 4) is 0 Å². The van der Waals surface area contributed by atoms with Gasteiger partial charge in [0.05, 0.1) is 11.8 Å². The number of rotatable bonds is 4. The fraction of sp³-hybridized carbons (Fsp3) is 0.615. The maximum Gasteiger partial charge on any atom is 0.257 e. The SMILES string of the molecule is CCc1occc1C(=O)N1CCC(CCO)C1. The first-order chi connectivity index (χ1) is 8.26. The Balaban J connectivity index is 2.02. The van der Waals surface area contributed by atoms with E-state index in [2.05, 4.69) is 0 Å². The molecule has 0 radical (unpaired) electrons. The van der Waals surface area contributed by atoms with Crippen LogP contribution in [0.4, 0.5) is 0 Å². The topological polar surface area (TPSA) is 53.7 Å². The highest BCUT2D eigenvalue weighted by Gasteiger charge is 2.28. The minimum Gasteiger partial charge on any atom is -0.469 e. The number of furan rings is 1. The van der Waals surface area contributed by atoms with E-state index in [0.29, 0.717) is 11.5 Å². The lowest BCUT2D eigenvalue weighted by Crippen LogP contribution is -2.29. The van der Waals surface area contributed by atoms with Gasteiger partial charge in [-0.05, 0) is 24.8 Å². The van der Waals surface area contributed by atoms with Crippen LogP contribution in [0.5, 0.6) is 0 Å². The van der Waals surface area contributed by atoms with Gasteiger partial charge in [-0.15, -0.1) is 0 Å². The highest BCUT2D eigenvalue weighted by Crippen LogP contribution is 2.22. The lowest BCUT2D eigenvalue weighted by molar-refractivity contribution is 0.0782. The number of likely N-dealkylation sites (tertiary alicyclic amines) is 1. The van der Waals surface area contributed by atoms with Crippen molar-refractivity contribution in [2.45, 2.75) is 26.2 Å². The molecule has 0 aliphatic carbocycles. The predicted molar refractivity (Wildman–Crippen MR) is 63.8 cm³/mol. The zero-order chi connectivity index (χ0) is 12.3. The summed E-state index contributed by atoms with van der Waals surface area (Å²) in [7, 11) is 0. The number of hydrogen-bond acceptors (Lipinski definition) is 3. The summed E-state index contributed by atoms with van der Waals surface area (Å²) >= 11 is 0. The van der Waals surface area contributed by atoms with Crippen LogP contribution in [0.25, 0.3) is 0 Å². The molecular formula is C13H19NO3. The van der Waals surface area contributed by atoms with Gasteiger partial charge in [0.15, 0.2) is 0 Å². The van der Waals surface area contributed by atoms with Crippen LogP contribution in [0.1, 0.15) is 35.9 Å². The van der Waals surface area contributed by atoms with Gasteiger partial charge in [0.1, 0.15) is 5.76 Å². The number of carbonyl (C=O) groups is 1. The average Bonchev–Trinajstić information content (AvgIpc) is 2.96. The number of nitrogens with zero attached hydrogens (tertiary/aromatic N) is 1. The Morgan fingerprint density at radius 3 is 3.18 bits per heavy atom. The van der Waals surface area contributed by atoms with Crippen molar-refractivity contribution in [2.75, 3.05) is 19.7 Å². The molecule has 1 atom stereocenters. The van der Waals surface area contributed by atoms with Crippen LogP contribution in [0, 0.1) is 5.92 Å². The normalized spacial score (nSPS) is 19.9. The van der Waals surface area contributed by atoms with Gasteiger partial charge >= 0.3 is 0 Å². The molecule has 1 aliphatic heterocycles. The van der Waals surface area contributed by atoms with Crippen molar-refractivity contribution >= 4 is 5.91 Å². The minimum absolute atomic E-state index is 0.0658. The van der Waals surface area contributed by atoms with E-state index in [-0.39, 0.29) is 12.5 Å². The number of amides is 1. The van der Waals surface area contributed by atoms with Gasteiger partial charge in [0, 0.05) is 26.1 Å². The van der Waals surface area contributed by atoms with Crippen molar-refractivity contribution in [1.29, 1.82) is 0 Å². The van der Waals surface area contributed by atoms with Crippen LogP contribution in [0.15, 0.2) is 16.7 Å². The summed E-state index contributed by atoms with van der Waals surface area (Å²) < 4.78 is 5.28. The van der Waals surface area contributed by atoms with Gasteiger partial charge in [-0.3, -0.25) is 4.79 Å². The molecule has 17 heavy (non-hydrogen) atoms. The van der Waals surface area contributed by atoms with Crippen molar-refractivity contribution < 1.29 is 14.3 Å². The van der Waals surface area contributed by atoms with Crippen LogP contribution < -0.4 is 0 Å². The van der Waals surface area contributed by atoms with Crippen LogP contribution in [-0.4, -0.2) is 35.6 Å². The Morgan fingerprint density at radius 1 is 1.65 bits per heavy atom. The van der Waals surface area contributed by atoms with Gasteiger partial charge in [-0.25, -0.2) is 0 Å². The molecule has 2 rings (SSSR count). The first-order valence-corrected chi connectivity index (χ1v) is 6.22. The fourth-order valence-electron chi connectivity index (χ4n) is 2.41. The summed E-state index contributed by atoms with van der Waals surface area (Å²) in [4.78, 5) is 14.1. The third kappa shape index (κ3) is 2.52. The number of aliphatic hydroxyl groups is 1. The van der Waals surface area contributed by atoms with E-state index in [1.54, 1.807) is 12.3 Å². The summed E-state index contributed by atoms with van der Waals surface area (Å²) in [5.41, 5.74) is 0.692. The number of carbonyl (C=O) groups excluding carboxylic acids is 1. The lowest BCUT2D eigenvalue weighted by atomic mass is 10.1. The molecule has 1 saturated heterocycles. The van der Waals surface area contributed by atoms with E-state index < -0.39 is 0 Å². The van der Waals surface area contributed by atoms with Crippen LogP contribution in [0.3, 0.4) is 0 Å². The molecule has 1 aromatic rings. The second-order valence-corrected chi connectivity index (χ2v) is 4.53. The zero-order valence-electron chi connectivity index (χ0n) is 10.2. The molecule has 1 aromatic heterocycles. The van der Waals surface area contributed by atoms with Crippen molar-refractivity contribution in [2.24, 2.45) is 5.92 Å². The standard InChI is InChI=1S/C13H19NO3/c1-2-12-11(5-8-17-12)13(16)14-6-3-10(9-14)4-7-15/h5,8,10,15H,2-4,6-7,9H2,1H3. The van der Waals surface area contributed by atoms with E-state index in [1.807, 2.05) is 11.8 Å². The van der Waals surface area contributed by atoms with Gasteiger partial charge in [0.25, 0.3) is 5.91 Å². The first-order valence-electron chi connectivity index (χ1n) is 6.22. The molecule has 0 saturated carbocycles. The minimum atomic E-state index is 0.0658. The first kappa shape index (κ1) is 12.2. The van der Waals surface area contributed by atoms with E-state index in [4.69, 9.17) is 9.52 Å². The Kier molecular flexibility index (Phi) is 3.84. The summed E-state index contributed by atoms with van der Waals surface area (Å²) in [5, 5.41) is 8.90. The highest BCUT2D eigenvalue weighted by atomic mass is 16.3. The third-order valence-electron chi connectivity index (χ3n) is 3.41. The van der Waals surface area contributed by atoms with Crippen LogP contribution >= 0.6 is 0 Å². The van der Waals surface area contributed by atoms with Crippen molar-refractivity contribution in [1.82, 2.24) is 4.90 Å². The number of hydrogen-bond donors (Lipinski definition) is 1. The quantitative estimate of drug-likeness (QED) is 0.867. The molecular weight excluding hydrogens is 218 g/mol. The van der Waals surface area contributed by atoms with E-state index in [1.165, 1.54) is 0 Å². The second kappa shape index (κ2) is 5.36. The molecule has 0 bridgehead atoms. The summed E-state index contributed by atoms with van der Waals surface area (Å²) in [6.45, 7) is 3.73. The Bertz CT molecular complexity index is 386. The van der Waals surface area contributed by atoms with Crippen molar-refractivity contribution in [3.63, 3.8) is 0 Å². The van der Waals surface area contributed by atoms with Crippen LogP contribution in [-0.2, 0) is 6.42 Å². The molecule has 1 fully saturated rings. The highest BCUT2D eigenvalue weighted by molar-refractivity contribution is 5.95. The van der Waals surface area contributed by atoms with E-state index in [9.17, 15) is 4.79 Å². The third-order valence-corrected chi connectivity index (χ3v) is 3.41. The molecule has 1 aliphatic rings. The van der Waals surface area contributed by atoms with Gasteiger partial charge in [0.2, 0.25) is 0 Å². The fourth-order valence-corrected chi connectivity index (χ4v) is 2.41. The van der Waals surface area contributed by atoms with Crippen LogP contribution in [0.2, 0.25) is 0 Å². The summed E-state index contributed by atoms with van der Waals surface area (Å²) in [6, 6.07) is 1.75. The van der Waals surface area contributed by atoms with E-state index >= 15 is 0 Å². The molecule has 4 heteroatoms. The number of aliphatic hydroxyl groups excluding tert-OH is 1. The molecule has 94 valence electrons. The molecule has 1 amide bonds. The smallest absolute Gasteiger partial charge is 0.257 e. The maximum atomic E-state index is 12.2. The largest absolute Gasteiger partial charge is 0.469 e. The molecule has 0 aromatic carbocycles. The average molecular weight is 237 g/mol.